The van der Waals surface area contributed by atoms with E-state index < -0.39 is 12.1 Å². The Morgan fingerprint density at radius 2 is 2.30 bits per heavy atom. The number of carbonyl (C=O) groups excluding carboxylic acids is 1. The second kappa shape index (κ2) is 8.51. The van der Waals surface area contributed by atoms with Crippen LogP contribution in [0.3, 0.4) is 0 Å². The van der Waals surface area contributed by atoms with Crippen LogP contribution in [-0.2, 0) is 4.79 Å². The SMILES string of the molecule is CSCC[C@@H](O)C(=O)[O-].[K+]. The molecule has 0 aliphatic carbocycles. The first kappa shape index (κ1) is 14.0. The molecule has 0 heterocycles. The minimum absolute atomic E-state index is 0. The molecule has 0 aliphatic heterocycles. The molecule has 1 atom stereocenters. The van der Waals surface area contributed by atoms with Gasteiger partial charge in [0.2, 0.25) is 0 Å². The first-order chi connectivity index (χ1) is 4.18. The average Bonchev–Trinajstić information content (AvgIpc) is 1.82. The molecule has 1 N–H and O–H groups in total. The van der Waals surface area contributed by atoms with Gasteiger partial charge in [0.15, 0.2) is 0 Å². The molecule has 0 amide bonds. The van der Waals surface area contributed by atoms with E-state index in [0.29, 0.717) is 5.75 Å². The zero-order valence-corrected chi connectivity index (χ0v) is 10.1. The number of hydrogen-bond donors (Lipinski definition) is 1. The maximum absolute atomic E-state index is 9.83. The standard InChI is InChI=1S/C5H10O3S.K/c1-9-3-2-4(6)5(7)8;/h4,6H,2-3H2,1H3,(H,7,8);/q;+1/p-1/t4-;/m1./s1. The summed E-state index contributed by atoms with van der Waals surface area (Å²) in [7, 11) is 0. The summed E-state index contributed by atoms with van der Waals surface area (Å²) >= 11 is 1.50. The quantitative estimate of drug-likeness (QED) is 0.455. The van der Waals surface area contributed by atoms with Crippen molar-refractivity contribution in [2.24, 2.45) is 0 Å². The van der Waals surface area contributed by atoms with Crippen molar-refractivity contribution >= 4 is 17.7 Å². The third kappa shape index (κ3) is 7.52. The Kier molecular flexibility index (Phi) is 11.9. The summed E-state index contributed by atoms with van der Waals surface area (Å²) < 4.78 is 0. The van der Waals surface area contributed by atoms with Gasteiger partial charge in [0.05, 0.1) is 12.1 Å². The Bertz CT molecular complexity index is 98.9. The molecule has 0 aromatic rings. The van der Waals surface area contributed by atoms with Crippen molar-refractivity contribution in [1.82, 2.24) is 0 Å². The number of thioether (sulfide) groups is 1. The summed E-state index contributed by atoms with van der Waals surface area (Å²) in [5.41, 5.74) is 0. The van der Waals surface area contributed by atoms with E-state index in [1.54, 1.807) is 0 Å². The van der Waals surface area contributed by atoms with Crippen LogP contribution in [0.4, 0.5) is 0 Å². The van der Waals surface area contributed by atoms with Crippen LogP contribution in [-0.4, -0.2) is 29.2 Å². The Labute approximate surface area is 107 Å². The van der Waals surface area contributed by atoms with E-state index >= 15 is 0 Å². The Morgan fingerprint density at radius 3 is 2.60 bits per heavy atom. The van der Waals surface area contributed by atoms with Gasteiger partial charge < -0.3 is 15.0 Å². The summed E-state index contributed by atoms with van der Waals surface area (Å²) in [6, 6.07) is 0. The number of carboxylic acids is 1. The fraction of sp³-hybridized carbons (Fsp3) is 0.800. The van der Waals surface area contributed by atoms with Gasteiger partial charge in [0.25, 0.3) is 0 Å². The van der Waals surface area contributed by atoms with E-state index in [1.165, 1.54) is 11.8 Å². The molecule has 0 unspecified atom stereocenters. The molecule has 10 heavy (non-hydrogen) atoms. The number of carbonyl (C=O) groups is 1. The molecule has 0 rings (SSSR count). The predicted octanol–water partition coefficient (Wildman–Crippen LogP) is -4.15. The summed E-state index contributed by atoms with van der Waals surface area (Å²) in [5, 5.41) is 18.4. The molecule has 0 saturated carbocycles. The first-order valence-corrected chi connectivity index (χ1v) is 3.95. The number of aliphatic hydroxyl groups is 1. The Hall–Kier alpha value is 1.42. The van der Waals surface area contributed by atoms with Crippen molar-refractivity contribution in [3.05, 3.63) is 0 Å². The Morgan fingerprint density at radius 1 is 1.80 bits per heavy atom. The number of rotatable bonds is 4. The van der Waals surface area contributed by atoms with Crippen molar-refractivity contribution in [1.29, 1.82) is 0 Å². The predicted molar refractivity (Wildman–Crippen MR) is 34.0 cm³/mol. The Balaban J connectivity index is 0. The topological polar surface area (TPSA) is 60.4 Å². The number of hydrogen-bond acceptors (Lipinski definition) is 4. The van der Waals surface area contributed by atoms with Gasteiger partial charge in [-0.1, -0.05) is 0 Å². The monoisotopic (exact) mass is 188 g/mol. The second-order valence-corrected chi connectivity index (χ2v) is 2.60. The van der Waals surface area contributed by atoms with Crippen LogP contribution in [0.2, 0.25) is 0 Å². The van der Waals surface area contributed by atoms with Crippen LogP contribution in [0.1, 0.15) is 6.42 Å². The first-order valence-electron chi connectivity index (χ1n) is 2.56. The summed E-state index contributed by atoms with van der Waals surface area (Å²) in [6.07, 6.45) is 0.823. The zero-order chi connectivity index (χ0) is 7.28. The van der Waals surface area contributed by atoms with Crippen molar-refractivity contribution < 1.29 is 66.4 Å². The molecule has 0 aromatic heterocycles. The third-order valence-corrected chi connectivity index (χ3v) is 1.51. The minimum atomic E-state index is -1.39. The fourth-order valence-electron chi connectivity index (χ4n) is 0.347. The largest absolute Gasteiger partial charge is 1.00 e. The van der Waals surface area contributed by atoms with Crippen LogP contribution in [0.15, 0.2) is 0 Å². The van der Waals surface area contributed by atoms with Crippen molar-refractivity contribution in [2.75, 3.05) is 12.0 Å². The molecule has 5 heteroatoms. The molecule has 3 nitrogen and oxygen atoms in total. The van der Waals surface area contributed by atoms with Crippen molar-refractivity contribution in [2.45, 2.75) is 12.5 Å². The smallest absolute Gasteiger partial charge is 0.547 e. The summed E-state index contributed by atoms with van der Waals surface area (Å²) in [6.45, 7) is 0. The molecule has 0 spiro atoms. The van der Waals surface area contributed by atoms with Crippen molar-refractivity contribution in [3.8, 4) is 0 Å². The molecule has 0 fully saturated rings. The van der Waals surface area contributed by atoms with Gasteiger partial charge in [0.1, 0.15) is 0 Å². The van der Waals surface area contributed by atoms with Gasteiger partial charge in [-0.2, -0.15) is 11.8 Å². The molecule has 0 saturated heterocycles. The van der Waals surface area contributed by atoms with Crippen molar-refractivity contribution in [3.63, 3.8) is 0 Å². The van der Waals surface area contributed by atoms with Gasteiger partial charge in [0, 0.05) is 0 Å². The normalized spacial score (nSPS) is 11.8. The molecule has 0 aromatic carbocycles. The van der Waals surface area contributed by atoms with E-state index in [4.69, 9.17) is 5.11 Å². The zero-order valence-electron chi connectivity index (χ0n) is 6.16. The van der Waals surface area contributed by atoms with Crippen LogP contribution < -0.4 is 56.5 Å². The maximum atomic E-state index is 9.83. The molecular weight excluding hydrogens is 179 g/mol. The van der Waals surface area contributed by atoms with E-state index in [0.717, 1.165) is 0 Å². The van der Waals surface area contributed by atoms with Gasteiger partial charge in [-0.05, 0) is 18.4 Å². The van der Waals surface area contributed by atoms with Crippen LogP contribution in [0.25, 0.3) is 0 Å². The molecule has 54 valence electrons. The van der Waals surface area contributed by atoms with Crippen LogP contribution in [0, 0.1) is 0 Å². The van der Waals surface area contributed by atoms with E-state index in [9.17, 15) is 9.90 Å². The van der Waals surface area contributed by atoms with E-state index in [2.05, 4.69) is 0 Å². The van der Waals surface area contributed by atoms with Crippen LogP contribution in [0.5, 0.6) is 0 Å². The number of carboxylic acid groups (broad SMARTS) is 1. The van der Waals surface area contributed by atoms with E-state index in [-0.39, 0.29) is 57.8 Å². The van der Waals surface area contributed by atoms with Crippen LogP contribution >= 0.6 is 11.8 Å². The van der Waals surface area contributed by atoms with Gasteiger partial charge in [-0.15, -0.1) is 0 Å². The number of aliphatic carboxylic acids is 1. The summed E-state index contributed by atoms with van der Waals surface area (Å²) in [5.74, 6) is -0.737. The van der Waals surface area contributed by atoms with Gasteiger partial charge in [-0.3, -0.25) is 0 Å². The average molecular weight is 188 g/mol. The second-order valence-electron chi connectivity index (χ2n) is 1.62. The van der Waals surface area contributed by atoms with Gasteiger partial charge in [-0.25, -0.2) is 0 Å². The number of aliphatic hydroxyl groups excluding tert-OH is 1. The molecule has 0 aliphatic rings. The van der Waals surface area contributed by atoms with E-state index in [1.807, 2.05) is 6.26 Å². The molecule has 0 bridgehead atoms. The minimum Gasteiger partial charge on any atom is -0.547 e. The maximum Gasteiger partial charge on any atom is 1.00 e. The molecular formula is C5H9KO3S. The summed E-state index contributed by atoms with van der Waals surface area (Å²) in [4.78, 5) is 9.83. The third-order valence-electron chi connectivity index (χ3n) is 0.867. The fourth-order valence-corrected chi connectivity index (χ4v) is 0.806. The molecule has 0 radical (unpaired) electrons. The van der Waals surface area contributed by atoms with Gasteiger partial charge >= 0.3 is 51.4 Å².